The summed E-state index contributed by atoms with van der Waals surface area (Å²) in [5, 5.41) is 0. The standard InChI is InChI=1S/C17H27ClO/c1-7-19-16-14(13(3)8-9-18)10-12(2)11-15(16)17(4,5)6/h10-11,13H,7-9H2,1-6H3. The molecule has 1 unspecified atom stereocenters. The van der Waals surface area contributed by atoms with Crippen molar-refractivity contribution in [3.63, 3.8) is 0 Å². The molecule has 0 aliphatic carbocycles. The Kier molecular flexibility index (Phi) is 5.73. The van der Waals surface area contributed by atoms with Crippen LogP contribution in [0.2, 0.25) is 0 Å². The topological polar surface area (TPSA) is 9.23 Å². The third-order valence-electron chi connectivity index (χ3n) is 3.43. The maximum Gasteiger partial charge on any atom is 0.126 e. The molecule has 1 atom stereocenters. The van der Waals surface area contributed by atoms with E-state index in [9.17, 15) is 0 Å². The molecule has 0 amide bonds. The first-order valence-corrected chi connectivity index (χ1v) is 7.68. The van der Waals surface area contributed by atoms with Crippen LogP contribution in [0, 0.1) is 6.92 Å². The predicted octanol–water partition coefficient (Wildman–Crippen LogP) is 5.42. The molecule has 1 rings (SSSR count). The van der Waals surface area contributed by atoms with Crippen molar-refractivity contribution in [2.45, 2.75) is 59.3 Å². The summed E-state index contributed by atoms with van der Waals surface area (Å²) in [6.45, 7) is 13.8. The Labute approximate surface area is 123 Å². The van der Waals surface area contributed by atoms with E-state index in [4.69, 9.17) is 16.3 Å². The largest absolute Gasteiger partial charge is 0.493 e. The first-order valence-electron chi connectivity index (χ1n) is 7.15. The molecule has 0 saturated heterocycles. The molecule has 0 bridgehead atoms. The maximum atomic E-state index is 5.97. The molecule has 108 valence electrons. The van der Waals surface area contributed by atoms with Gasteiger partial charge in [-0.2, -0.15) is 0 Å². The van der Waals surface area contributed by atoms with E-state index in [1.807, 2.05) is 6.92 Å². The molecule has 19 heavy (non-hydrogen) atoms. The molecule has 2 heteroatoms. The molecular weight excluding hydrogens is 256 g/mol. The van der Waals surface area contributed by atoms with Gasteiger partial charge in [-0.1, -0.05) is 45.4 Å². The van der Waals surface area contributed by atoms with E-state index in [-0.39, 0.29) is 5.41 Å². The zero-order valence-electron chi connectivity index (χ0n) is 13.1. The molecule has 0 heterocycles. The second-order valence-corrected chi connectivity index (χ2v) is 6.67. The average Bonchev–Trinajstić information content (AvgIpc) is 2.30. The van der Waals surface area contributed by atoms with Gasteiger partial charge in [-0.15, -0.1) is 11.6 Å². The maximum absolute atomic E-state index is 5.97. The smallest absolute Gasteiger partial charge is 0.126 e. The molecule has 1 nitrogen and oxygen atoms in total. The molecule has 0 aliphatic heterocycles. The van der Waals surface area contributed by atoms with Crippen molar-refractivity contribution in [2.75, 3.05) is 12.5 Å². The Balaban J connectivity index is 3.39. The summed E-state index contributed by atoms with van der Waals surface area (Å²) >= 11 is 5.90. The van der Waals surface area contributed by atoms with Crippen LogP contribution in [0.4, 0.5) is 0 Å². The summed E-state index contributed by atoms with van der Waals surface area (Å²) in [6.07, 6.45) is 0.981. The van der Waals surface area contributed by atoms with Gasteiger partial charge < -0.3 is 4.74 Å². The van der Waals surface area contributed by atoms with Crippen LogP contribution in [-0.2, 0) is 5.41 Å². The minimum absolute atomic E-state index is 0.0892. The number of hydrogen-bond donors (Lipinski definition) is 0. The lowest BCUT2D eigenvalue weighted by atomic mass is 9.82. The first kappa shape index (κ1) is 16.4. The number of aryl methyl sites for hydroxylation is 1. The van der Waals surface area contributed by atoms with Gasteiger partial charge in [-0.05, 0) is 37.2 Å². The van der Waals surface area contributed by atoms with E-state index < -0.39 is 0 Å². The van der Waals surface area contributed by atoms with Crippen molar-refractivity contribution in [3.8, 4) is 5.75 Å². The number of hydrogen-bond acceptors (Lipinski definition) is 1. The Bertz CT molecular complexity index is 418. The van der Waals surface area contributed by atoms with Gasteiger partial charge in [0.15, 0.2) is 0 Å². The minimum atomic E-state index is 0.0892. The summed E-state index contributed by atoms with van der Waals surface area (Å²) in [7, 11) is 0. The molecule has 0 N–H and O–H groups in total. The minimum Gasteiger partial charge on any atom is -0.493 e. The van der Waals surface area contributed by atoms with Crippen molar-refractivity contribution in [1.82, 2.24) is 0 Å². The van der Waals surface area contributed by atoms with Gasteiger partial charge in [-0.25, -0.2) is 0 Å². The number of benzene rings is 1. The second kappa shape index (κ2) is 6.65. The Morgan fingerprint density at radius 2 is 1.89 bits per heavy atom. The zero-order chi connectivity index (χ0) is 14.6. The summed E-state index contributed by atoms with van der Waals surface area (Å²) < 4.78 is 5.97. The van der Waals surface area contributed by atoms with E-state index in [1.165, 1.54) is 16.7 Å². The molecular formula is C17H27ClO. The highest BCUT2D eigenvalue weighted by Gasteiger charge is 2.23. The summed E-state index contributed by atoms with van der Waals surface area (Å²) in [5.41, 5.74) is 3.98. The van der Waals surface area contributed by atoms with Crippen LogP contribution in [0.25, 0.3) is 0 Å². The second-order valence-electron chi connectivity index (χ2n) is 6.29. The van der Waals surface area contributed by atoms with E-state index in [1.54, 1.807) is 0 Å². The third kappa shape index (κ3) is 4.14. The van der Waals surface area contributed by atoms with Gasteiger partial charge >= 0.3 is 0 Å². The predicted molar refractivity (Wildman–Crippen MR) is 84.8 cm³/mol. The van der Waals surface area contributed by atoms with Gasteiger partial charge in [0.2, 0.25) is 0 Å². The first-order chi connectivity index (χ1) is 8.81. The molecule has 0 saturated carbocycles. The Hall–Kier alpha value is -0.690. The quantitative estimate of drug-likeness (QED) is 0.655. The van der Waals surface area contributed by atoms with Crippen LogP contribution in [0.5, 0.6) is 5.75 Å². The number of alkyl halides is 1. The number of rotatable bonds is 5. The van der Waals surface area contributed by atoms with E-state index >= 15 is 0 Å². The van der Waals surface area contributed by atoms with Crippen molar-refractivity contribution < 1.29 is 4.74 Å². The Morgan fingerprint density at radius 1 is 1.26 bits per heavy atom. The lowest BCUT2D eigenvalue weighted by Crippen LogP contribution is -2.16. The van der Waals surface area contributed by atoms with Gasteiger partial charge in [0.1, 0.15) is 5.75 Å². The lowest BCUT2D eigenvalue weighted by molar-refractivity contribution is 0.324. The summed E-state index contributed by atoms with van der Waals surface area (Å²) in [6, 6.07) is 4.50. The fraction of sp³-hybridized carbons (Fsp3) is 0.647. The van der Waals surface area contributed by atoms with E-state index in [2.05, 4.69) is 46.8 Å². The van der Waals surface area contributed by atoms with E-state index in [0.29, 0.717) is 18.4 Å². The normalized spacial score (nSPS) is 13.4. The van der Waals surface area contributed by atoms with E-state index in [0.717, 1.165) is 12.2 Å². The molecule has 1 aromatic rings. The fourth-order valence-corrected chi connectivity index (χ4v) is 2.68. The average molecular weight is 283 g/mol. The van der Waals surface area contributed by atoms with Gasteiger partial charge in [-0.3, -0.25) is 0 Å². The molecule has 0 spiro atoms. The van der Waals surface area contributed by atoms with Crippen molar-refractivity contribution in [2.24, 2.45) is 0 Å². The monoisotopic (exact) mass is 282 g/mol. The lowest BCUT2D eigenvalue weighted by Gasteiger charge is -2.27. The van der Waals surface area contributed by atoms with Crippen LogP contribution >= 0.6 is 11.6 Å². The summed E-state index contributed by atoms with van der Waals surface area (Å²) in [5.74, 6) is 2.18. The fourth-order valence-electron chi connectivity index (χ4n) is 2.35. The van der Waals surface area contributed by atoms with Gasteiger partial charge in [0.25, 0.3) is 0 Å². The zero-order valence-corrected chi connectivity index (χ0v) is 13.9. The highest BCUT2D eigenvalue weighted by Crippen LogP contribution is 2.39. The molecule has 0 aliphatic rings. The van der Waals surface area contributed by atoms with Crippen LogP contribution in [0.1, 0.15) is 63.6 Å². The van der Waals surface area contributed by atoms with Crippen LogP contribution in [0.15, 0.2) is 12.1 Å². The van der Waals surface area contributed by atoms with Crippen LogP contribution in [0.3, 0.4) is 0 Å². The van der Waals surface area contributed by atoms with Crippen molar-refractivity contribution >= 4 is 11.6 Å². The van der Waals surface area contributed by atoms with Crippen molar-refractivity contribution in [1.29, 1.82) is 0 Å². The Morgan fingerprint density at radius 3 is 2.37 bits per heavy atom. The van der Waals surface area contributed by atoms with Crippen LogP contribution < -0.4 is 4.74 Å². The number of ether oxygens (including phenoxy) is 1. The highest BCUT2D eigenvalue weighted by molar-refractivity contribution is 6.17. The highest BCUT2D eigenvalue weighted by atomic mass is 35.5. The van der Waals surface area contributed by atoms with Gasteiger partial charge in [0, 0.05) is 11.4 Å². The molecule has 1 aromatic carbocycles. The molecule has 0 radical (unpaired) electrons. The van der Waals surface area contributed by atoms with Gasteiger partial charge in [0.05, 0.1) is 6.61 Å². The third-order valence-corrected chi connectivity index (χ3v) is 3.65. The summed E-state index contributed by atoms with van der Waals surface area (Å²) in [4.78, 5) is 0. The van der Waals surface area contributed by atoms with Crippen LogP contribution in [-0.4, -0.2) is 12.5 Å². The SMILES string of the molecule is CCOc1c(C(C)CCCl)cc(C)cc1C(C)(C)C. The van der Waals surface area contributed by atoms with Crippen molar-refractivity contribution in [3.05, 3.63) is 28.8 Å². The number of halogens is 1. The molecule has 0 aromatic heterocycles. The molecule has 0 fully saturated rings.